The van der Waals surface area contributed by atoms with Crippen LogP contribution in [0.15, 0.2) is 0 Å². The number of nitrogens with two attached hydrogens (primary N) is 2. The Kier molecular flexibility index (Phi) is 11.1. The van der Waals surface area contributed by atoms with Crippen molar-refractivity contribution in [1.29, 1.82) is 0 Å². The number of hydrogen-bond acceptors (Lipinski definition) is 8. The number of rotatable bonds is 12. The van der Waals surface area contributed by atoms with E-state index in [1.54, 1.807) is 19.0 Å². The van der Waals surface area contributed by atoms with Gasteiger partial charge in [0.05, 0.1) is 18.8 Å². The fourth-order valence-electron chi connectivity index (χ4n) is 1.80. The van der Waals surface area contributed by atoms with Gasteiger partial charge in [0.25, 0.3) is 0 Å². The molecule has 0 bridgehead atoms. The third-order valence-electron chi connectivity index (χ3n) is 3.28. The predicted octanol–water partition coefficient (Wildman–Crippen LogP) is -3.72. The standard InChI is InChI=1S/C13H28N6O5S/c1-7(21)9(14)4-16-19(2)5-8(3-11(15)22)17-13(25)18-10(6-20)12(23)24/h7-10,16,20-21H,3-6,14H2,1-2H3,(H2,15,22)(H,23,24)(H2,17,18,25)/t7?,8-,9+,10-/m1/s1. The largest absolute Gasteiger partial charge is 0.480 e. The normalized spacial score (nSPS) is 15.9. The molecule has 0 radical (unpaired) electrons. The van der Waals surface area contributed by atoms with Crippen molar-refractivity contribution in [2.45, 2.75) is 37.6 Å². The van der Waals surface area contributed by atoms with Gasteiger partial charge in [0.15, 0.2) is 5.11 Å². The zero-order chi connectivity index (χ0) is 19.6. The van der Waals surface area contributed by atoms with E-state index in [0.717, 1.165) is 0 Å². The molecule has 1 amide bonds. The Morgan fingerprint density at radius 3 is 2.36 bits per heavy atom. The Labute approximate surface area is 151 Å². The van der Waals surface area contributed by atoms with E-state index >= 15 is 0 Å². The maximum Gasteiger partial charge on any atom is 0.328 e. The van der Waals surface area contributed by atoms with Crippen LogP contribution in [-0.2, 0) is 9.59 Å². The molecule has 146 valence electrons. The number of hydrazine groups is 1. The van der Waals surface area contributed by atoms with Gasteiger partial charge in [-0.2, -0.15) is 0 Å². The van der Waals surface area contributed by atoms with E-state index in [1.165, 1.54) is 0 Å². The highest BCUT2D eigenvalue weighted by atomic mass is 32.1. The number of carboxylic acids is 1. The van der Waals surface area contributed by atoms with Crippen LogP contribution >= 0.6 is 12.2 Å². The highest BCUT2D eigenvalue weighted by Gasteiger charge is 2.20. The van der Waals surface area contributed by atoms with Crippen LogP contribution in [0.3, 0.4) is 0 Å². The van der Waals surface area contributed by atoms with Crippen molar-refractivity contribution in [1.82, 2.24) is 21.1 Å². The Morgan fingerprint density at radius 1 is 1.32 bits per heavy atom. The Bertz CT molecular complexity index is 453. The third-order valence-corrected chi connectivity index (χ3v) is 3.52. The summed E-state index contributed by atoms with van der Waals surface area (Å²) in [6.45, 7) is 1.53. The number of thiocarbonyl (C=S) groups is 1. The van der Waals surface area contributed by atoms with Crippen molar-refractivity contribution in [3.8, 4) is 0 Å². The number of carbonyl (C=O) groups is 2. The SMILES string of the molecule is CC(O)[C@@H](N)CNN(C)C[C@@H](CC(N)=O)NC(=S)N[C@H](CO)C(=O)O. The lowest BCUT2D eigenvalue weighted by Crippen LogP contribution is -2.55. The van der Waals surface area contributed by atoms with Crippen LogP contribution < -0.4 is 27.5 Å². The topological polar surface area (TPSA) is 186 Å². The zero-order valence-corrected chi connectivity index (χ0v) is 15.1. The summed E-state index contributed by atoms with van der Waals surface area (Å²) in [5.41, 5.74) is 13.9. The molecule has 0 fully saturated rings. The van der Waals surface area contributed by atoms with Gasteiger partial charge in [-0.1, -0.05) is 0 Å². The molecule has 0 saturated carbocycles. The maximum atomic E-state index is 11.2. The summed E-state index contributed by atoms with van der Waals surface area (Å²) in [5.74, 6) is -1.82. The molecule has 0 spiro atoms. The van der Waals surface area contributed by atoms with Crippen LogP contribution in [0.2, 0.25) is 0 Å². The minimum absolute atomic E-state index is 0.0261. The molecule has 0 aromatic carbocycles. The number of hydrogen-bond donors (Lipinski definition) is 8. The molecular formula is C13H28N6O5S. The first-order valence-electron chi connectivity index (χ1n) is 7.64. The molecule has 0 aromatic rings. The molecule has 11 nitrogen and oxygen atoms in total. The molecule has 12 heteroatoms. The van der Waals surface area contributed by atoms with Crippen molar-refractivity contribution in [2.24, 2.45) is 11.5 Å². The van der Waals surface area contributed by atoms with Crippen LogP contribution in [0.1, 0.15) is 13.3 Å². The van der Waals surface area contributed by atoms with Gasteiger partial charge < -0.3 is 37.4 Å². The highest BCUT2D eigenvalue weighted by molar-refractivity contribution is 7.80. The molecule has 25 heavy (non-hydrogen) atoms. The predicted molar refractivity (Wildman–Crippen MR) is 95.3 cm³/mol. The quantitative estimate of drug-likeness (QED) is 0.123. The smallest absolute Gasteiger partial charge is 0.328 e. The van der Waals surface area contributed by atoms with Crippen molar-refractivity contribution in [2.75, 3.05) is 26.7 Å². The maximum absolute atomic E-state index is 11.2. The lowest BCUT2D eigenvalue weighted by Gasteiger charge is -2.28. The monoisotopic (exact) mass is 380 g/mol. The number of nitrogens with one attached hydrogen (secondary N) is 3. The second-order valence-corrected chi connectivity index (χ2v) is 6.11. The van der Waals surface area contributed by atoms with Crippen molar-refractivity contribution < 1.29 is 24.9 Å². The molecule has 10 N–H and O–H groups in total. The van der Waals surface area contributed by atoms with E-state index in [0.29, 0.717) is 6.54 Å². The molecule has 4 atom stereocenters. The number of likely N-dealkylation sites (N-methyl/N-ethyl adjacent to an activating group) is 1. The molecule has 0 aliphatic rings. The van der Waals surface area contributed by atoms with Gasteiger partial charge in [-0.25, -0.2) is 9.80 Å². The molecular weight excluding hydrogens is 352 g/mol. The van der Waals surface area contributed by atoms with Crippen molar-refractivity contribution in [3.05, 3.63) is 0 Å². The number of aliphatic carboxylic acids is 1. The summed E-state index contributed by atoms with van der Waals surface area (Å²) in [6.07, 6.45) is -0.726. The highest BCUT2D eigenvalue weighted by Crippen LogP contribution is 1.96. The van der Waals surface area contributed by atoms with Gasteiger partial charge >= 0.3 is 5.97 Å². The van der Waals surface area contributed by atoms with Gasteiger partial charge in [-0.05, 0) is 19.1 Å². The summed E-state index contributed by atoms with van der Waals surface area (Å²) in [6, 6.07) is -2.23. The third kappa shape index (κ3) is 10.8. The number of carboxylic acid groups (broad SMARTS) is 1. The van der Waals surface area contributed by atoms with Gasteiger partial charge in [0.2, 0.25) is 5.91 Å². The average molecular weight is 380 g/mol. The van der Waals surface area contributed by atoms with Crippen LogP contribution in [0.4, 0.5) is 0 Å². The first-order valence-corrected chi connectivity index (χ1v) is 8.04. The number of primary amides is 1. The molecule has 0 heterocycles. The minimum Gasteiger partial charge on any atom is -0.480 e. The van der Waals surface area contributed by atoms with E-state index in [-0.39, 0.29) is 18.1 Å². The Balaban J connectivity index is 4.60. The van der Waals surface area contributed by atoms with E-state index in [1.807, 2.05) is 0 Å². The number of carbonyl (C=O) groups excluding carboxylic acids is 1. The van der Waals surface area contributed by atoms with Gasteiger partial charge in [0.1, 0.15) is 6.04 Å². The molecule has 1 unspecified atom stereocenters. The Morgan fingerprint density at radius 2 is 1.92 bits per heavy atom. The van der Waals surface area contributed by atoms with Crippen molar-refractivity contribution in [3.63, 3.8) is 0 Å². The number of nitrogens with zero attached hydrogens (tertiary/aromatic N) is 1. The second-order valence-electron chi connectivity index (χ2n) is 5.71. The molecule has 0 rings (SSSR count). The molecule has 0 aliphatic heterocycles. The lowest BCUT2D eigenvalue weighted by molar-refractivity contribution is -0.140. The Hall–Kier alpha value is -1.57. The summed E-state index contributed by atoms with van der Waals surface area (Å²) >= 11 is 5.00. The van der Waals surface area contributed by atoms with Crippen LogP contribution in [-0.4, -0.2) is 88.3 Å². The average Bonchev–Trinajstić information content (AvgIpc) is 2.48. The second kappa shape index (κ2) is 11.9. The van der Waals surface area contributed by atoms with Crippen LogP contribution in [0.5, 0.6) is 0 Å². The number of amides is 1. The van der Waals surface area contributed by atoms with Gasteiger partial charge in [0, 0.05) is 32.6 Å². The summed E-state index contributed by atoms with van der Waals surface area (Å²) in [4.78, 5) is 22.1. The fraction of sp³-hybridized carbons (Fsp3) is 0.769. The van der Waals surface area contributed by atoms with Crippen LogP contribution in [0, 0.1) is 0 Å². The van der Waals surface area contributed by atoms with Gasteiger partial charge in [-0.3, -0.25) is 10.2 Å². The van der Waals surface area contributed by atoms with Crippen LogP contribution in [0.25, 0.3) is 0 Å². The van der Waals surface area contributed by atoms with Crippen molar-refractivity contribution >= 4 is 29.2 Å². The summed E-state index contributed by atoms with van der Waals surface area (Å²) in [7, 11) is 1.70. The molecule has 0 aromatic heterocycles. The number of aliphatic hydroxyl groups excluding tert-OH is 2. The number of aliphatic hydroxyl groups is 2. The van der Waals surface area contributed by atoms with Gasteiger partial charge in [-0.15, -0.1) is 0 Å². The molecule has 0 aliphatic carbocycles. The molecule has 0 saturated heterocycles. The van der Waals surface area contributed by atoms with E-state index in [2.05, 4.69) is 16.1 Å². The van der Waals surface area contributed by atoms with E-state index in [9.17, 15) is 14.7 Å². The lowest BCUT2D eigenvalue weighted by atomic mass is 10.2. The van der Waals surface area contributed by atoms with E-state index in [4.69, 9.17) is 33.9 Å². The first-order chi connectivity index (χ1) is 11.6. The fourth-order valence-corrected chi connectivity index (χ4v) is 2.11. The van der Waals surface area contributed by atoms with E-state index < -0.39 is 42.7 Å². The minimum atomic E-state index is -1.26. The zero-order valence-electron chi connectivity index (χ0n) is 14.3. The summed E-state index contributed by atoms with van der Waals surface area (Å²) in [5, 5.41) is 34.1. The first kappa shape index (κ1) is 23.4. The summed E-state index contributed by atoms with van der Waals surface area (Å²) < 4.78 is 0.